The Kier molecular flexibility index (Phi) is 5.64. The molecule has 94 valence electrons. The minimum absolute atomic E-state index is 0.360. The molecule has 0 atom stereocenters. The molecule has 0 heterocycles. The lowest BCUT2D eigenvalue weighted by Crippen LogP contribution is -2.36. The van der Waals surface area contributed by atoms with E-state index in [-0.39, 0.29) is 0 Å². The molecule has 0 saturated carbocycles. The van der Waals surface area contributed by atoms with Gasteiger partial charge in [0.25, 0.3) is 0 Å². The molecule has 16 heavy (non-hydrogen) atoms. The molecular weight excluding hydrogens is 233 g/mol. The number of guanidine groups is 1. The second kappa shape index (κ2) is 5.98. The van der Waals surface area contributed by atoms with Crippen LogP contribution in [0.15, 0.2) is 4.99 Å². The summed E-state index contributed by atoms with van der Waals surface area (Å²) in [4.78, 5) is 18.5. The van der Waals surface area contributed by atoms with E-state index in [1.807, 2.05) is 0 Å². The Morgan fingerprint density at radius 2 is 1.44 bits per heavy atom. The molecule has 1 amide bonds. The second-order valence-electron chi connectivity index (χ2n) is 3.35. The van der Waals surface area contributed by atoms with Gasteiger partial charge in [0.05, 0.1) is 0 Å². The van der Waals surface area contributed by atoms with Crippen molar-refractivity contribution in [1.29, 1.82) is 0 Å². The highest BCUT2D eigenvalue weighted by Crippen LogP contribution is 2.48. The van der Waals surface area contributed by atoms with E-state index in [2.05, 4.69) is 14.0 Å². The second-order valence-corrected chi connectivity index (χ2v) is 5.45. The van der Waals surface area contributed by atoms with Gasteiger partial charge in [0, 0.05) is 42.4 Å². The highest BCUT2D eigenvalue weighted by Gasteiger charge is 2.33. The van der Waals surface area contributed by atoms with E-state index in [1.165, 1.54) is 0 Å². The van der Waals surface area contributed by atoms with Crippen LogP contribution in [0.2, 0.25) is 0 Å². The third-order valence-corrected chi connectivity index (χ3v) is 3.24. The highest BCUT2D eigenvalue weighted by molar-refractivity contribution is 7.71. The van der Waals surface area contributed by atoms with Gasteiger partial charge < -0.3 is 18.8 Å². The van der Waals surface area contributed by atoms with Gasteiger partial charge in [0.2, 0.25) is 5.96 Å². The van der Waals surface area contributed by atoms with Crippen LogP contribution in [0.4, 0.5) is 4.79 Å². The van der Waals surface area contributed by atoms with Crippen LogP contribution in [-0.2, 0) is 13.6 Å². The van der Waals surface area contributed by atoms with Gasteiger partial charge in [-0.3, -0.25) is 4.79 Å². The zero-order valence-electron chi connectivity index (χ0n) is 10.4. The van der Waals surface area contributed by atoms with E-state index in [4.69, 9.17) is 0 Å². The lowest BCUT2D eigenvalue weighted by molar-refractivity contribution is 0.239. The summed E-state index contributed by atoms with van der Waals surface area (Å²) in [6.07, 6.45) is 0. The maximum absolute atomic E-state index is 11.7. The molecule has 0 rings (SSSR count). The quantitative estimate of drug-likeness (QED) is 0.424. The van der Waals surface area contributed by atoms with Crippen molar-refractivity contribution in [1.82, 2.24) is 9.80 Å². The van der Waals surface area contributed by atoms with Crippen molar-refractivity contribution >= 4 is 19.2 Å². The molecule has 0 radical (unpaired) electrons. The predicted molar refractivity (Wildman–Crippen MR) is 61.8 cm³/mol. The summed E-state index contributed by atoms with van der Waals surface area (Å²) in [6, 6.07) is 0. The number of nitrogens with zero attached hydrogens (tertiary/aromatic N) is 3. The van der Waals surface area contributed by atoms with Gasteiger partial charge in [0.15, 0.2) is 0 Å². The smallest absolute Gasteiger partial charge is 0.349 e. The van der Waals surface area contributed by atoms with Gasteiger partial charge in [-0.15, -0.1) is 0 Å². The molecular formula is C8H18N3O4P. The van der Waals surface area contributed by atoms with Crippen LogP contribution in [0.3, 0.4) is 0 Å². The third kappa shape index (κ3) is 3.59. The van der Waals surface area contributed by atoms with Crippen LogP contribution in [0.1, 0.15) is 0 Å². The summed E-state index contributed by atoms with van der Waals surface area (Å²) in [5.74, 6) is 0.360. The number of carbonyl (C=O) groups is 1. The molecule has 0 saturated heterocycles. The maximum atomic E-state index is 11.7. The summed E-state index contributed by atoms with van der Waals surface area (Å²) in [7, 11) is 5.37. The number of aliphatic imine (C=N–C) groups is 1. The van der Waals surface area contributed by atoms with E-state index in [0.29, 0.717) is 5.96 Å². The van der Waals surface area contributed by atoms with E-state index in [9.17, 15) is 9.36 Å². The highest BCUT2D eigenvalue weighted by atomic mass is 31.2. The first-order chi connectivity index (χ1) is 7.28. The molecule has 7 nitrogen and oxygen atoms in total. The summed E-state index contributed by atoms with van der Waals surface area (Å²) in [6.45, 7) is 0. The molecule has 0 aliphatic carbocycles. The van der Waals surface area contributed by atoms with Crippen molar-refractivity contribution in [2.24, 2.45) is 4.99 Å². The standard InChI is InChI=1S/C8H18N3O4P/c1-10(2)7(11(3)4)9-8(12)16(13,14-5)15-6/h1-6H3. The largest absolute Gasteiger partial charge is 0.420 e. The Morgan fingerprint density at radius 1 is 1.06 bits per heavy atom. The van der Waals surface area contributed by atoms with Crippen molar-refractivity contribution in [3.8, 4) is 0 Å². The van der Waals surface area contributed by atoms with Gasteiger partial charge >= 0.3 is 13.2 Å². The van der Waals surface area contributed by atoms with Crippen LogP contribution < -0.4 is 0 Å². The molecule has 0 aliphatic rings. The van der Waals surface area contributed by atoms with Gasteiger partial charge in [-0.1, -0.05) is 0 Å². The Bertz CT molecular complexity index is 309. The molecule has 0 N–H and O–H groups in total. The Balaban J connectivity index is 5.14. The van der Waals surface area contributed by atoms with E-state index < -0.39 is 13.2 Å². The third-order valence-electron chi connectivity index (χ3n) is 1.71. The van der Waals surface area contributed by atoms with Gasteiger partial charge in [0.1, 0.15) is 0 Å². The molecule has 0 bridgehead atoms. The topological polar surface area (TPSA) is 71.4 Å². The number of carbonyl (C=O) groups excluding carboxylic acids is 1. The summed E-state index contributed by atoms with van der Waals surface area (Å²) < 4.78 is 20.8. The normalized spacial score (nSPS) is 10.9. The molecule has 8 heteroatoms. The Labute approximate surface area is 95.6 Å². The predicted octanol–water partition coefficient (Wildman–Crippen LogP) is 1.07. The molecule has 0 aliphatic heterocycles. The number of rotatable bonds is 3. The molecule has 0 spiro atoms. The van der Waals surface area contributed by atoms with Crippen LogP contribution >= 0.6 is 7.60 Å². The molecule has 0 fully saturated rings. The fourth-order valence-electron chi connectivity index (χ4n) is 0.978. The molecule has 0 aromatic rings. The van der Waals surface area contributed by atoms with Gasteiger partial charge in [-0.2, -0.15) is 4.99 Å². The average molecular weight is 251 g/mol. The number of hydrogen-bond acceptors (Lipinski definition) is 4. The van der Waals surface area contributed by atoms with Gasteiger partial charge in [-0.25, -0.2) is 4.57 Å². The van der Waals surface area contributed by atoms with Crippen LogP contribution in [0.5, 0.6) is 0 Å². The lowest BCUT2D eigenvalue weighted by atomic mass is 10.7. The van der Waals surface area contributed by atoms with E-state index in [1.54, 1.807) is 38.0 Å². The first-order valence-electron chi connectivity index (χ1n) is 4.48. The minimum atomic E-state index is -3.79. The van der Waals surface area contributed by atoms with Crippen molar-refractivity contribution < 1.29 is 18.4 Å². The van der Waals surface area contributed by atoms with E-state index in [0.717, 1.165) is 14.2 Å². The first kappa shape index (κ1) is 15.1. The van der Waals surface area contributed by atoms with Crippen LogP contribution in [0, 0.1) is 0 Å². The molecule has 0 aromatic heterocycles. The van der Waals surface area contributed by atoms with Crippen LogP contribution in [-0.4, -0.2) is 63.8 Å². The fourth-order valence-corrected chi connectivity index (χ4v) is 1.65. The van der Waals surface area contributed by atoms with E-state index >= 15 is 0 Å². The van der Waals surface area contributed by atoms with Crippen molar-refractivity contribution in [2.45, 2.75) is 0 Å². The molecule has 0 aromatic carbocycles. The summed E-state index contributed by atoms with van der Waals surface area (Å²) in [5, 5.41) is 0. The van der Waals surface area contributed by atoms with Crippen molar-refractivity contribution in [3.05, 3.63) is 0 Å². The summed E-state index contributed by atoms with van der Waals surface area (Å²) in [5.41, 5.74) is -0.921. The summed E-state index contributed by atoms with van der Waals surface area (Å²) >= 11 is 0. The monoisotopic (exact) mass is 251 g/mol. The molecule has 0 unspecified atom stereocenters. The Hall–Kier alpha value is -0.910. The van der Waals surface area contributed by atoms with Crippen LogP contribution in [0.25, 0.3) is 0 Å². The maximum Gasteiger partial charge on any atom is 0.420 e. The lowest BCUT2D eigenvalue weighted by Gasteiger charge is -2.22. The fraction of sp³-hybridized carbons (Fsp3) is 0.750. The zero-order valence-corrected chi connectivity index (χ0v) is 11.3. The average Bonchev–Trinajstić information content (AvgIpc) is 2.23. The van der Waals surface area contributed by atoms with Crippen molar-refractivity contribution in [2.75, 3.05) is 42.4 Å². The minimum Gasteiger partial charge on any atom is -0.349 e. The van der Waals surface area contributed by atoms with Gasteiger partial charge in [-0.05, 0) is 0 Å². The Morgan fingerprint density at radius 3 is 1.69 bits per heavy atom. The first-order valence-corrected chi connectivity index (χ1v) is 6.02. The number of hydrogen-bond donors (Lipinski definition) is 0. The number of amides is 1. The SMILES string of the molecule is COP(=O)(OC)C(=O)N=C(N(C)C)N(C)C. The zero-order chi connectivity index (χ0) is 12.9. The van der Waals surface area contributed by atoms with Crippen molar-refractivity contribution in [3.63, 3.8) is 0 Å².